The Morgan fingerprint density at radius 1 is 1.13 bits per heavy atom. The molecule has 2 aromatic heterocycles. The molecule has 1 amide bonds. The fourth-order valence-corrected chi connectivity index (χ4v) is 2.77. The predicted octanol–water partition coefficient (Wildman–Crippen LogP) is 4.84. The first-order valence-electron chi connectivity index (χ1n) is 6.51. The Hall–Kier alpha value is -2.15. The van der Waals surface area contributed by atoms with E-state index in [-0.39, 0.29) is 5.91 Å². The molecule has 2 heterocycles. The second-order valence-electron chi connectivity index (χ2n) is 4.49. The van der Waals surface area contributed by atoms with Crippen molar-refractivity contribution in [2.45, 2.75) is 0 Å². The van der Waals surface area contributed by atoms with E-state index in [2.05, 4.69) is 20.6 Å². The highest BCUT2D eigenvalue weighted by Gasteiger charge is 2.12. The lowest BCUT2D eigenvalue weighted by Crippen LogP contribution is -2.12. The van der Waals surface area contributed by atoms with Crippen molar-refractivity contribution >= 4 is 57.0 Å². The summed E-state index contributed by atoms with van der Waals surface area (Å²) in [6, 6.07) is 8.56. The summed E-state index contributed by atoms with van der Waals surface area (Å²) in [5.41, 5.74) is 1.67. The number of anilines is 3. The Labute approximate surface area is 146 Å². The van der Waals surface area contributed by atoms with Gasteiger partial charge in [-0.25, -0.2) is 4.98 Å². The van der Waals surface area contributed by atoms with E-state index in [1.807, 2.05) is 12.1 Å². The maximum atomic E-state index is 12.2. The Morgan fingerprint density at radius 3 is 2.74 bits per heavy atom. The first kappa shape index (κ1) is 15.7. The van der Waals surface area contributed by atoms with Gasteiger partial charge >= 0.3 is 0 Å². The van der Waals surface area contributed by atoms with Gasteiger partial charge in [0.2, 0.25) is 0 Å². The molecule has 3 rings (SSSR count). The fourth-order valence-electron chi connectivity index (χ4n) is 1.76. The van der Waals surface area contributed by atoms with E-state index in [1.54, 1.807) is 36.0 Å². The SMILES string of the molecule is O=C(Nc1ccc(Cl)c(Cl)c1)c1csc(Nc2cccnc2)n1. The number of thiazole rings is 1. The number of hydrogen-bond donors (Lipinski definition) is 2. The lowest BCUT2D eigenvalue weighted by atomic mass is 10.3. The second-order valence-corrected chi connectivity index (χ2v) is 6.16. The quantitative estimate of drug-likeness (QED) is 0.694. The smallest absolute Gasteiger partial charge is 0.275 e. The van der Waals surface area contributed by atoms with E-state index in [0.29, 0.717) is 26.6 Å². The van der Waals surface area contributed by atoms with Crippen LogP contribution in [-0.2, 0) is 0 Å². The van der Waals surface area contributed by atoms with Crippen molar-refractivity contribution in [3.63, 3.8) is 0 Å². The average molecular weight is 365 g/mol. The van der Waals surface area contributed by atoms with Gasteiger partial charge < -0.3 is 10.6 Å². The van der Waals surface area contributed by atoms with E-state index in [0.717, 1.165) is 5.69 Å². The minimum absolute atomic E-state index is 0.312. The molecule has 116 valence electrons. The van der Waals surface area contributed by atoms with Crippen molar-refractivity contribution in [1.29, 1.82) is 0 Å². The Bertz CT molecular complexity index is 839. The van der Waals surface area contributed by atoms with Crippen LogP contribution in [0.2, 0.25) is 10.0 Å². The molecule has 0 aliphatic carbocycles. The molecule has 3 aromatic rings. The van der Waals surface area contributed by atoms with Crippen molar-refractivity contribution in [1.82, 2.24) is 9.97 Å². The van der Waals surface area contributed by atoms with E-state index in [4.69, 9.17) is 23.2 Å². The highest BCUT2D eigenvalue weighted by molar-refractivity contribution is 7.14. The van der Waals surface area contributed by atoms with Crippen LogP contribution in [0.5, 0.6) is 0 Å². The Kier molecular flexibility index (Phi) is 4.76. The van der Waals surface area contributed by atoms with Crippen molar-refractivity contribution in [3.8, 4) is 0 Å². The minimum Gasteiger partial charge on any atom is -0.330 e. The Balaban J connectivity index is 1.69. The van der Waals surface area contributed by atoms with Gasteiger partial charge in [0.15, 0.2) is 5.13 Å². The zero-order valence-electron chi connectivity index (χ0n) is 11.6. The molecule has 23 heavy (non-hydrogen) atoms. The maximum absolute atomic E-state index is 12.2. The number of nitrogens with one attached hydrogen (secondary N) is 2. The number of benzene rings is 1. The van der Waals surface area contributed by atoms with Gasteiger partial charge in [0.1, 0.15) is 5.69 Å². The van der Waals surface area contributed by atoms with Crippen LogP contribution in [0, 0.1) is 0 Å². The first-order valence-corrected chi connectivity index (χ1v) is 8.14. The summed E-state index contributed by atoms with van der Waals surface area (Å²) in [5.74, 6) is -0.320. The largest absolute Gasteiger partial charge is 0.330 e. The molecule has 0 aliphatic heterocycles. The number of rotatable bonds is 4. The number of pyridine rings is 1. The number of aromatic nitrogens is 2. The van der Waals surface area contributed by atoms with Gasteiger partial charge in [-0.1, -0.05) is 23.2 Å². The van der Waals surface area contributed by atoms with Gasteiger partial charge in [-0.05, 0) is 30.3 Å². The Morgan fingerprint density at radius 2 is 2.00 bits per heavy atom. The molecule has 0 aliphatic rings. The van der Waals surface area contributed by atoms with E-state index >= 15 is 0 Å². The fraction of sp³-hybridized carbons (Fsp3) is 0. The van der Waals surface area contributed by atoms with Crippen LogP contribution < -0.4 is 10.6 Å². The van der Waals surface area contributed by atoms with Crippen LogP contribution in [0.1, 0.15) is 10.5 Å². The van der Waals surface area contributed by atoms with Crippen molar-refractivity contribution in [2.75, 3.05) is 10.6 Å². The van der Waals surface area contributed by atoms with Crippen molar-refractivity contribution in [3.05, 3.63) is 63.8 Å². The average Bonchev–Trinajstić information content (AvgIpc) is 3.00. The molecule has 0 atom stereocenters. The maximum Gasteiger partial charge on any atom is 0.275 e. The van der Waals surface area contributed by atoms with Crippen LogP contribution in [0.15, 0.2) is 48.1 Å². The van der Waals surface area contributed by atoms with Gasteiger partial charge in [0, 0.05) is 17.3 Å². The summed E-state index contributed by atoms with van der Waals surface area (Å²) in [6.07, 6.45) is 3.36. The summed E-state index contributed by atoms with van der Waals surface area (Å²) < 4.78 is 0. The number of hydrogen-bond acceptors (Lipinski definition) is 5. The molecule has 0 saturated heterocycles. The van der Waals surface area contributed by atoms with E-state index < -0.39 is 0 Å². The van der Waals surface area contributed by atoms with Gasteiger partial charge in [-0.15, -0.1) is 11.3 Å². The molecule has 0 spiro atoms. The first-order chi connectivity index (χ1) is 11.1. The number of carbonyl (C=O) groups excluding carboxylic acids is 1. The normalized spacial score (nSPS) is 10.3. The summed E-state index contributed by atoms with van der Waals surface area (Å²) >= 11 is 13.1. The molecular formula is C15H10Cl2N4OS. The van der Waals surface area contributed by atoms with Crippen molar-refractivity contribution < 1.29 is 4.79 Å². The van der Waals surface area contributed by atoms with Crippen molar-refractivity contribution in [2.24, 2.45) is 0 Å². The lowest BCUT2D eigenvalue weighted by molar-refractivity contribution is 0.102. The van der Waals surface area contributed by atoms with E-state index in [1.165, 1.54) is 11.3 Å². The molecule has 0 unspecified atom stereocenters. The molecular weight excluding hydrogens is 355 g/mol. The third-order valence-corrected chi connectivity index (χ3v) is 4.32. The monoisotopic (exact) mass is 364 g/mol. The zero-order valence-corrected chi connectivity index (χ0v) is 13.9. The number of nitrogens with zero attached hydrogens (tertiary/aromatic N) is 2. The van der Waals surface area contributed by atoms with Crippen LogP contribution in [0.4, 0.5) is 16.5 Å². The van der Waals surface area contributed by atoms with Crippen LogP contribution in [0.25, 0.3) is 0 Å². The van der Waals surface area contributed by atoms with E-state index in [9.17, 15) is 4.79 Å². The summed E-state index contributed by atoms with van der Waals surface area (Å²) in [6.45, 7) is 0. The van der Waals surface area contributed by atoms with Crippen LogP contribution >= 0.6 is 34.5 Å². The van der Waals surface area contributed by atoms with Crippen LogP contribution in [-0.4, -0.2) is 15.9 Å². The van der Waals surface area contributed by atoms with Gasteiger partial charge in [0.25, 0.3) is 5.91 Å². The third kappa shape index (κ3) is 3.98. The summed E-state index contributed by atoms with van der Waals surface area (Å²) in [5, 5.41) is 8.90. The van der Waals surface area contributed by atoms with Gasteiger partial charge in [0.05, 0.1) is 21.9 Å². The minimum atomic E-state index is -0.320. The molecule has 2 N–H and O–H groups in total. The topological polar surface area (TPSA) is 66.9 Å². The molecule has 0 bridgehead atoms. The highest BCUT2D eigenvalue weighted by Crippen LogP contribution is 2.26. The molecule has 8 heteroatoms. The number of amides is 1. The molecule has 1 aromatic carbocycles. The number of carbonyl (C=O) groups is 1. The summed E-state index contributed by atoms with van der Waals surface area (Å²) in [4.78, 5) is 20.4. The molecule has 0 saturated carbocycles. The second kappa shape index (κ2) is 6.95. The molecule has 5 nitrogen and oxygen atoms in total. The van der Waals surface area contributed by atoms with Crippen LogP contribution in [0.3, 0.4) is 0 Å². The molecule has 0 fully saturated rings. The van der Waals surface area contributed by atoms with Gasteiger partial charge in [-0.3, -0.25) is 9.78 Å². The zero-order chi connectivity index (χ0) is 16.2. The highest BCUT2D eigenvalue weighted by atomic mass is 35.5. The lowest BCUT2D eigenvalue weighted by Gasteiger charge is -2.04. The standard InChI is InChI=1S/C15H10Cl2N4OS/c16-11-4-3-9(6-12(11)17)19-14(22)13-8-23-15(21-13)20-10-2-1-5-18-7-10/h1-8H,(H,19,22)(H,20,21). The number of halogens is 2. The van der Waals surface area contributed by atoms with Gasteiger partial charge in [-0.2, -0.15) is 0 Å². The predicted molar refractivity (Wildman–Crippen MR) is 94.0 cm³/mol. The summed E-state index contributed by atoms with van der Waals surface area (Å²) in [7, 11) is 0. The third-order valence-electron chi connectivity index (χ3n) is 2.83. The molecule has 0 radical (unpaired) electrons.